The molecule has 5 nitrogen and oxygen atoms in total. The Morgan fingerprint density at radius 1 is 0.968 bits per heavy atom. The molecular formula is C22H24Cl4N2O3. The standard InChI is InChI=1S/C22H24Cl4N2O3/c1-28(2)17-7-5-16(6-8-17)15-27-31-11-4-3-10-30-22-19(23)13-18(14-20(22)24)29-12-9-21(25)26/h5-9,13-15H,3-4,10-12H2,1-2H3/b27-15+. The summed E-state index contributed by atoms with van der Waals surface area (Å²) in [6.07, 6.45) is 4.74. The van der Waals surface area contributed by atoms with Crippen LogP contribution in [0.5, 0.6) is 11.5 Å². The Labute approximate surface area is 203 Å². The molecule has 9 heteroatoms. The summed E-state index contributed by atoms with van der Waals surface area (Å²) in [7, 11) is 4.00. The first-order valence-electron chi connectivity index (χ1n) is 9.55. The molecule has 0 heterocycles. The van der Waals surface area contributed by atoms with E-state index in [1.54, 1.807) is 18.3 Å². The molecule has 0 aliphatic rings. The molecule has 2 rings (SSSR count). The number of nitrogens with zero attached hydrogens (tertiary/aromatic N) is 2. The third-order valence-corrected chi connectivity index (χ3v) is 4.89. The number of anilines is 1. The van der Waals surface area contributed by atoms with Crippen molar-refractivity contribution in [3.8, 4) is 11.5 Å². The molecule has 31 heavy (non-hydrogen) atoms. The van der Waals surface area contributed by atoms with E-state index >= 15 is 0 Å². The van der Waals surface area contributed by atoms with Gasteiger partial charge in [0.25, 0.3) is 0 Å². The summed E-state index contributed by atoms with van der Waals surface area (Å²) >= 11 is 23.6. The van der Waals surface area contributed by atoms with E-state index in [0.29, 0.717) is 34.8 Å². The van der Waals surface area contributed by atoms with Crippen LogP contribution in [0.25, 0.3) is 0 Å². The molecule has 168 valence electrons. The van der Waals surface area contributed by atoms with Gasteiger partial charge in [0.1, 0.15) is 23.5 Å². The Kier molecular flexibility index (Phi) is 11.2. The zero-order chi connectivity index (χ0) is 22.6. The summed E-state index contributed by atoms with van der Waals surface area (Å²) < 4.78 is 11.3. The van der Waals surface area contributed by atoms with Gasteiger partial charge in [0.2, 0.25) is 0 Å². The number of hydrogen-bond acceptors (Lipinski definition) is 5. The average Bonchev–Trinajstić information content (AvgIpc) is 2.71. The van der Waals surface area contributed by atoms with Crippen molar-refractivity contribution in [3.63, 3.8) is 0 Å². The number of oxime groups is 1. The normalized spacial score (nSPS) is 10.8. The van der Waals surface area contributed by atoms with Crippen molar-refractivity contribution in [2.45, 2.75) is 12.8 Å². The summed E-state index contributed by atoms with van der Waals surface area (Å²) in [6, 6.07) is 11.3. The lowest BCUT2D eigenvalue weighted by Gasteiger charge is -2.12. The number of ether oxygens (including phenoxy) is 2. The fraction of sp³-hybridized carbons (Fsp3) is 0.318. The van der Waals surface area contributed by atoms with Crippen LogP contribution in [0.2, 0.25) is 10.0 Å². The van der Waals surface area contributed by atoms with Crippen LogP contribution in [-0.4, -0.2) is 40.1 Å². The Balaban J connectivity index is 1.67. The van der Waals surface area contributed by atoms with E-state index in [1.807, 2.05) is 43.3 Å². The van der Waals surface area contributed by atoms with Crippen molar-refractivity contribution < 1.29 is 14.3 Å². The molecule has 0 aromatic heterocycles. The number of hydrogen-bond donors (Lipinski definition) is 0. The van der Waals surface area contributed by atoms with Crippen LogP contribution in [0.3, 0.4) is 0 Å². The predicted octanol–water partition coefficient (Wildman–Crippen LogP) is 6.97. The lowest BCUT2D eigenvalue weighted by Crippen LogP contribution is -2.08. The lowest BCUT2D eigenvalue weighted by atomic mass is 10.2. The lowest BCUT2D eigenvalue weighted by molar-refractivity contribution is 0.137. The van der Waals surface area contributed by atoms with Crippen molar-refractivity contribution in [1.29, 1.82) is 0 Å². The van der Waals surface area contributed by atoms with Crippen molar-refractivity contribution >= 4 is 58.3 Å². The monoisotopic (exact) mass is 504 g/mol. The van der Waals surface area contributed by atoms with Crippen LogP contribution in [0.4, 0.5) is 5.69 Å². The second-order valence-electron chi connectivity index (χ2n) is 6.63. The highest BCUT2D eigenvalue weighted by atomic mass is 35.5. The molecule has 2 aromatic carbocycles. The van der Waals surface area contributed by atoms with Gasteiger partial charge in [0.05, 0.1) is 22.9 Å². The smallest absolute Gasteiger partial charge is 0.156 e. The third kappa shape index (κ3) is 9.48. The largest absolute Gasteiger partial charge is 0.490 e. The fourth-order valence-corrected chi connectivity index (χ4v) is 3.11. The maximum Gasteiger partial charge on any atom is 0.156 e. The molecule has 0 bridgehead atoms. The predicted molar refractivity (Wildman–Crippen MR) is 131 cm³/mol. The van der Waals surface area contributed by atoms with Gasteiger partial charge in [-0.15, -0.1) is 0 Å². The van der Waals surface area contributed by atoms with Crippen LogP contribution in [0, 0.1) is 0 Å². The fourth-order valence-electron chi connectivity index (χ4n) is 2.41. The van der Waals surface area contributed by atoms with E-state index in [-0.39, 0.29) is 11.1 Å². The molecule has 0 saturated heterocycles. The van der Waals surface area contributed by atoms with Crippen molar-refractivity contribution in [1.82, 2.24) is 0 Å². The van der Waals surface area contributed by atoms with Gasteiger partial charge < -0.3 is 19.2 Å². The van der Waals surface area contributed by atoms with Gasteiger partial charge in [-0.05, 0) is 36.6 Å². The molecule has 0 saturated carbocycles. The highest BCUT2D eigenvalue weighted by Crippen LogP contribution is 2.37. The molecule has 0 aliphatic heterocycles. The maximum atomic E-state index is 6.24. The Hall–Kier alpha value is -1.79. The Bertz CT molecular complexity index is 860. The summed E-state index contributed by atoms with van der Waals surface area (Å²) in [6.45, 7) is 1.14. The second-order valence-corrected chi connectivity index (χ2v) is 8.45. The van der Waals surface area contributed by atoms with Gasteiger partial charge in [-0.2, -0.15) is 0 Å². The number of halogens is 4. The molecule has 0 atom stereocenters. The van der Waals surface area contributed by atoms with Crippen LogP contribution in [0.15, 0.2) is 52.1 Å². The summed E-state index contributed by atoms with van der Waals surface area (Å²) in [5.74, 6) is 0.914. The molecule has 2 aromatic rings. The van der Waals surface area contributed by atoms with E-state index in [4.69, 9.17) is 60.7 Å². The molecule has 0 fully saturated rings. The number of benzene rings is 2. The van der Waals surface area contributed by atoms with E-state index in [9.17, 15) is 0 Å². The van der Waals surface area contributed by atoms with Crippen LogP contribution < -0.4 is 14.4 Å². The van der Waals surface area contributed by atoms with Gasteiger partial charge in [-0.3, -0.25) is 0 Å². The molecule has 0 N–H and O–H groups in total. The Morgan fingerprint density at radius 3 is 2.23 bits per heavy atom. The van der Waals surface area contributed by atoms with Gasteiger partial charge in [0.15, 0.2) is 5.75 Å². The Morgan fingerprint density at radius 2 is 1.61 bits per heavy atom. The maximum absolute atomic E-state index is 6.24. The first-order valence-corrected chi connectivity index (χ1v) is 11.1. The second kappa shape index (κ2) is 13.6. The molecule has 0 aliphatic carbocycles. The molecule has 0 radical (unpaired) electrons. The van der Waals surface area contributed by atoms with Gasteiger partial charge in [-0.25, -0.2) is 0 Å². The van der Waals surface area contributed by atoms with Crippen molar-refractivity contribution in [2.75, 3.05) is 38.8 Å². The SMILES string of the molecule is CN(C)c1ccc(/C=N/OCCCCOc2c(Cl)cc(OCC=C(Cl)Cl)cc2Cl)cc1. The van der Waals surface area contributed by atoms with Crippen LogP contribution >= 0.6 is 46.4 Å². The molecular weight excluding hydrogens is 482 g/mol. The quantitative estimate of drug-likeness (QED) is 0.177. The van der Waals surface area contributed by atoms with Gasteiger partial charge in [0, 0.05) is 31.9 Å². The minimum absolute atomic E-state index is 0.130. The minimum atomic E-state index is 0.130. The zero-order valence-corrected chi connectivity index (χ0v) is 20.3. The van der Waals surface area contributed by atoms with Crippen LogP contribution in [-0.2, 0) is 4.84 Å². The highest BCUT2D eigenvalue weighted by Gasteiger charge is 2.10. The first kappa shape index (κ1) is 25.5. The third-order valence-electron chi connectivity index (χ3n) is 4.02. The highest BCUT2D eigenvalue weighted by molar-refractivity contribution is 6.55. The van der Waals surface area contributed by atoms with Gasteiger partial charge in [-0.1, -0.05) is 63.7 Å². The minimum Gasteiger partial charge on any atom is -0.490 e. The van der Waals surface area contributed by atoms with Gasteiger partial charge >= 0.3 is 0 Å². The molecule has 0 spiro atoms. The molecule has 0 amide bonds. The zero-order valence-electron chi connectivity index (χ0n) is 17.3. The molecule has 0 unspecified atom stereocenters. The van der Waals surface area contributed by atoms with E-state index in [2.05, 4.69) is 5.16 Å². The van der Waals surface area contributed by atoms with E-state index < -0.39 is 0 Å². The number of rotatable bonds is 12. The van der Waals surface area contributed by atoms with Crippen LogP contribution in [0.1, 0.15) is 18.4 Å². The van der Waals surface area contributed by atoms with E-state index in [0.717, 1.165) is 24.1 Å². The van der Waals surface area contributed by atoms with Crippen molar-refractivity contribution in [3.05, 3.63) is 62.6 Å². The first-order chi connectivity index (χ1) is 14.9. The summed E-state index contributed by atoms with van der Waals surface area (Å²) in [5, 5.41) is 4.72. The van der Waals surface area contributed by atoms with Crippen molar-refractivity contribution in [2.24, 2.45) is 5.16 Å². The number of unbranched alkanes of at least 4 members (excludes halogenated alkanes) is 1. The topological polar surface area (TPSA) is 43.3 Å². The average molecular weight is 506 g/mol. The summed E-state index contributed by atoms with van der Waals surface area (Å²) in [5.41, 5.74) is 2.11. The van der Waals surface area contributed by atoms with E-state index in [1.165, 1.54) is 6.08 Å². The summed E-state index contributed by atoms with van der Waals surface area (Å²) in [4.78, 5) is 7.34.